The van der Waals surface area contributed by atoms with Crippen molar-refractivity contribution in [1.82, 2.24) is 9.97 Å². The third kappa shape index (κ3) is 4.44. The molecule has 2 heterocycles. The fraction of sp³-hybridized carbons (Fsp3) is 0.240. The van der Waals surface area contributed by atoms with Gasteiger partial charge < -0.3 is 10.6 Å². The summed E-state index contributed by atoms with van der Waals surface area (Å²) in [5.41, 5.74) is 6.56. The lowest BCUT2D eigenvalue weighted by molar-refractivity contribution is -0.115. The average molecular weight is 431 g/mol. The second-order valence-electron chi connectivity index (χ2n) is 7.79. The normalized spacial score (nSPS) is 11.0. The molecule has 0 fully saturated rings. The molecule has 2 N–H and O–H groups in total. The number of nitrogens with zero attached hydrogens (tertiary/aromatic N) is 2. The Hall–Kier alpha value is -3.25. The molecule has 0 aliphatic carbocycles. The molecule has 0 aliphatic rings. The molecule has 0 saturated heterocycles. The van der Waals surface area contributed by atoms with Crippen LogP contribution in [0.5, 0.6) is 0 Å². The lowest BCUT2D eigenvalue weighted by Crippen LogP contribution is -2.17. The molecule has 0 atom stereocenters. The summed E-state index contributed by atoms with van der Waals surface area (Å²) in [6.45, 7) is 8.70. The van der Waals surface area contributed by atoms with Gasteiger partial charge in [0.1, 0.15) is 17.0 Å². The molecule has 5 nitrogen and oxygen atoms in total. The summed E-state index contributed by atoms with van der Waals surface area (Å²) in [4.78, 5) is 23.6. The van der Waals surface area contributed by atoms with Gasteiger partial charge in [0.05, 0.1) is 5.39 Å². The molecule has 2 aromatic heterocycles. The summed E-state index contributed by atoms with van der Waals surface area (Å²) in [6.07, 6.45) is 1.93. The fourth-order valence-electron chi connectivity index (χ4n) is 3.75. The molecule has 31 heavy (non-hydrogen) atoms. The molecule has 0 radical (unpaired) electrons. The Morgan fingerprint density at radius 2 is 1.68 bits per heavy atom. The predicted octanol–water partition coefficient (Wildman–Crippen LogP) is 6.03. The minimum Gasteiger partial charge on any atom is -0.369 e. The molecule has 4 aromatic rings. The number of hydrogen-bond donors (Lipinski definition) is 2. The van der Waals surface area contributed by atoms with Crippen molar-refractivity contribution in [2.45, 2.75) is 34.1 Å². The Morgan fingerprint density at radius 1 is 0.968 bits per heavy atom. The van der Waals surface area contributed by atoms with E-state index in [4.69, 9.17) is 0 Å². The van der Waals surface area contributed by atoms with Gasteiger partial charge in [0.2, 0.25) is 5.91 Å². The van der Waals surface area contributed by atoms with E-state index < -0.39 is 0 Å². The van der Waals surface area contributed by atoms with Crippen molar-refractivity contribution in [3.8, 4) is 11.1 Å². The molecule has 6 heteroatoms. The first-order valence-corrected chi connectivity index (χ1v) is 11.2. The molecular weight excluding hydrogens is 404 g/mol. The summed E-state index contributed by atoms with van der Waals surface area (Å²) < 4.78 is 0. The van der Waals surface area contributed by atoms with Crippen LogP contribution in [0.1, 0.15) is 28.0 Å². The van der Waals surface area contributed by atoms with Crippen LogP contribution in [0.25, 0.3) is 21.3 Å². The van der Waals surface area contributed by atoms with Gasteiger partial charge in [-0.2, -0.15) is 0 Å². The number of benzene rings is 2. The zero-order chi connectivity index (χ0) is 22.0. The third-order valence-electron chi connectivity index (χ3n) is 5.39. The van der Waals surface area contributed by atoms with Gasteiger partial charge in [-0.05, 0) is 44.4 Å². The first kappa shape index (κ1) is 21.0. The van der Waals surface area contributed by atoms with Gasteiger partial charge in [-0.15, -0.1) is 11.3 Å². The van der Waals surface area contributed by atoms with E-state index in [1.54, 1.807) is 17.7 Å². The van der Waals surface area contributed by atoms with Gasteiger partial charge in [-0.25, -0.2) is 9.97 Å². The molecule has 2 aromatic carbocycles. The molecule has 0 unspecified atom stereocenters. The van der Waals surface area contributed by atoms with Crippen LogP contribution in [-0.4, -0.2) is 22.4 Å². The molecule has 0 saturated carbocycles. The smallest absolute Gasteiger partial charge is 0.226 e. The van der Waals surface area contributed by atoms with Crippen molar-refractivity contribution in [1.29, 1.82) is 0 Å². The van der Waals surface area contributed by atoms with Crippen LogP contribution < -0.4 is 10.6 Å². The van der Waals surface area contributed by atoms with Crippen molar-refractivity contribution < 1.29 is 4.79 Å². The molecule has 0 spiro atoms. The van der Waals surface area contributed by atoms with E-state index in [-0.39, 0.29) is 5.91 Å². The summed E-state index contributed by atoms with van der Waals surface area (Å²) in [7, 11) is 0. The van der Waals surface area contributed by atoms with Crippen LogP contribution in [0.4, 0.5) is 11.5 Å². The standard InChI is InChI=1S/C25H26N4OS/c1-15-8-10-19(11-9-15)21-18(4)31-25-22(21)24(27-14-28-25)26-13-12-20(30)29-23-16(2)6-5-7-17(23)3/h5-11,14H,12-13H2,1-4H3,(H,29,30)(H,26,27,28). The Bertz CT molecular complexity index is 1220. The van der Waals surface area contributed by atoms with Crippen LogP contribution >= 0.6 is 11.3 Å². The molecule has 0 bridgehead atoms. The van der Waals surface area contributed by atoms with Crippen molar-refractivity contribution in [3.05, 3.63) is 70.4 Å². The van der Waals surface area contributed by atoms with Crippen molar-refractivity contribution in [2.24, 2.45) is 0 Å². The zero-order valence-corrected chi connectivity index (χ0v) is 19.1. The highest BCUT2D eigenvalue weighted by atomic mass is 32.1. The first-order chi connectivity index (χ1) is 14.9. The van der Waals surface area contributed by atoms with E-state index in [1.807, 2.05) is 32.0 Å². The minimum absolute atomic E-state index is 0.0181. The number of carbonyl (C=O) groups excluding carboxylic acids is 1. The van der Waals surface area contributed by atoms with Gasteiger partial charge in [0.15, 0.2) is 0 Å². The first-order valence-electron chi connectivity index (χ1n) is 10.3. The lowest BCUT2D eigenvalue weighted by atomic mass is 10.0. The third-order valence-corrected chi connectivity index (χ3v) is 6.41. The van der Waals surface area contributed by atoms with Crippen LogP contribution in [0.3, 0.4) is 0 Å². The Balaban J connectivity index is 1.53. The number of para-hydroxylation sites is 1. The van der Waals surface area contributed by atoms with Crippen molar-refractivity contribution in [3.63, 3.8) is 0 Å². The maximum absolute atomic E-state index is 12.5. The van der Waals surface area contributed by atoms with Crippen LogP contribution in [-0.2, 0) is 4.79 Å². The summed E-state index contributed by atoms with van der Waals surface area (Å²) in [6, 6.07) is 14.5. The lowest BCUT2D eigenvalue weighted by Gasteiger charge is -2.12. The molecular formula is C25H26N4OS. The van der Waals surface area contributed by atoms with E-state index in [1.165, 1.54) is 10.4 Å². The fourth-order valence-corrected chi connectivity index (χ4v) is 4.77. The minimum atomic E-state index is -0.0181. The molecule has 1 amide bonds. The highest BCUT2D eigenvalue weighted by molar-refractivity contribution is 7.19. The largest absolute Gasteiger partial charge is 0.369 e. The van der Waals surface area contributed by atoms with Gasteiger partial charge in [0, 0.05) is 29.1 Å². The van der Waals surface area contributed by atoms with Crippen molar-refractivity contribution in [2.75, 3.05) is 17.2 Å². The van der Waals surface area contributed by atoms with E-state index in [2.05, 4.69) is 58.7 Å². The molecule has 0 aliphatic heterocycles. The van der Waals surface area contributed by atoms with Crippen LogP contribution in [0.15, 0.2) is 48.8 Å². The summed E-state index contributed by atoms with van der Waals surface area (Å²) in [5.74, 6) is 0.750. The van der Waals surface area contributed by atoms with Gasteiger partial charge in [-0.3, -0.25) is 4.79 Å². The summed E-state index contributed by atoms with van der Waals surface area (Å²) >= 11 is 1.67. The van der Waals surface area contributed by atoms with Gasteiger partial charge >= 0.3 is 0 Å². The Morgan fingerprint density at radius 3 is 2.39 bits per heavy atom. The number of amides is 1. The van der Waals surface area contributed by atoms with Crippen LogP contribution in [0.2, 0.25) is 0 Å². The molecule has 4 rings (SSSR count). The Kier molecular flexibility index (Phi) is 6.00. The van der Waals surface area contributed by atoms with E-state index in [0.29, 0.717) is 13.0 Å². The van der Waals surface area contributed by atoms with Crippen LogP contribution in [0, 0.1) is 27.7 Å². The topological polar surface area (TPSA) is 66.9 Å². The number of nitrogens with one attached hydrogen (secondary N) is 2. The number of thiophene rings is 1. The maximum atomic E-state index is 12.5. The van der Waals surface area contributed by atoms with Gasteiger partial charge in [0.25, 0.3) is 0 Å². The number of carbonyl (C=O) groups is 1. The Labute approximate surface area is 186 Å². The van der Waals surface area contributed by atoms with E-state index in [9.17, 15) is 4.79 Å². The maximum Gasteiger partial charge on any atom is 0.226 e. The number of aromatic nitrogens is 2. The number of hydrogen-bond acceptors (Lipinski definition) is 5. The second-order valence-corrected chi connectivity index (χ2v) is 9.00. The monoisotopic (exact) mass is 430 g/mol. The zero-order valence-electron chi connectivity index (χ0n) is 18.2. The SMILES string of the molecule is Cc1ccc(-c2c(C)sc3ncnc(NCCC(=O)Nc4c(C)cccc4C)c23)cc1. The summed E-state index contributed by atoms with van der Waals surface area (Å²) in [5, 5.41) is 7.42. The molecule has 158 valence electrons. The van der Waals surface area contributed by atoms with E-state index >= 15 is 0 Å². The number of fused-ring (bicyclic) bond motifs is 1. The number of anilines is 2. The quantitative estimate of drug-likeness (QED) is 0.392. The van der Waals surface area contributed by atoms with Crippen molar-refractivity contribution >= 4 is 39.0 Å². The predicted molar refractivity (Wildman–Crippen MR) is 130 cm³/mol. The highest BCUT2D eigenvalue weighted by Crippen LogP contribution is 2.40. The van der Waals surface area contributed by atoms with Gasteiger partial charge in [-0.1, -0.05) is 48.0 Å². The highest BCUT2D eigenvalue weighted by Gasteiger charge is 2.17. The second kappa shape index (κ2) is 8.86. The average Bonchev–Trinajstić information content (AvgIpc) is 3.08. The van der Waals surface area contributed by atoms with E-state index in [0.717, 1.165) is 44.0 Å². The number of rotatable bonds is 6. The number of aryl methyl sites for hydroxylation is 4.